The van der Waals surface area contributed by atoms with Gasteiger partial charge in [0, 0.05) is 19.4 Å². The number of carbonyl (C=O) groups is 2. The van der Waals surface area contributed by atoms with E-state index in [0.29, 0.717) is 19.4 Å². The molecule has 0 saturated heterocycles. The van der Waals surface area contributed by atoms with Gasteiger partial charge in [-0.2, -0.15) is 0 Å². The lowest BCUT2D eigenvalue weighted by Crippen LogP contribution is -2.29. The maximum atomic E-state index is 12.7. The highest BCUT2D eigenvalue weighted by atomic mass is 16.5. The molecule has 6 nitrogen and oxygen atoms in total. The van der Waals surface area contributed by atoms with E-state index < -0.39 is 0 Å². The number of unbranched alkanes of at least 4 members (excludes halogenated alkanes) is 20. The number of hydrogen-bond acceptors (Lipinski definition) is 6. The van der Waals surface area contributed by atoms with Crippen LogP contribution in [0.4, 0.5) is 0 Å². The molecule has 0 bridgehead atoms. The van der Waals surface area contributed by atoms with Crippen LogP contribution in [-0.4, -0.2) is 60.4 Å². The average molecular weight is 710 g/mol. The van der Waals surface area contributed by atoms with Crippen molar-refractivity contribution in [1.82, 2.24) is 4.90 Å². The predicted molar refractivity (Wildman–Crippen MR) is 214 cm³/mol. The van der Waals surface area contributed by atoms with E-state index in [9.17, 15) is 14.7 Å². The number of rotatable bonds is 40. The topological polar surface area (TPSA) is 76.1 Å². The number of aliphatic hydroxyl groups excluding tert-OH is 1. The van der Waals surface area contributed by atoms with Crippen molar-refractivity contribution in [2.75, 3.05) is 26.2 Å². The van der Waals surface area contributed by atoms with Crippen LogP contribution in [0.5, 0.6) is 0 Å². The molecule has 0 heterocycles. The fourth-order valence-corrected chi connectivity index (χ4v) is 6.94. The normalized spacial score (nSPS) is 12.8. The monoisotopic (exact) mass is 710 g/mol. The summed E-state index contributed by atoms with van der Waals surface area (Å²) in [5, 5.41) is 9.58. The Labute approximate surface area is 312 Å². The third-order valence-electron chi connectivity index (χ3n) is 10.2. The van der Waals surface area contributed by atoms with E-state index in [2.05, 4.69) is 32.6 Å². The Hall–Kier alpha value is -1.14. The van der Waals surface area contributed by atoms with Crippen LogP contribution in [-0.2, 0) is 19.1 Å². The van der Waals surface area contributed by atoms with Gasteiger partial charge in [-0.05, 0) is 83.7 Å². The Morgan fingerprint density at radius 3 is 1.14 bits per heavy atom. The van der Waals surface area contributed by atoms with Gasteiger partial charge in [-0.1, -0.05) is 150 Å². The van der Waals surface area contributed by atoms with Crippen LogP contribution in [0.2, 0.25) is 0 Å². The van der Waals surface area contributed by atoms with Crippen molar-refractivity contribution in [2.45, 2.75) is 245 Å². The molecule has 6 heteroatoms. The Balaban J connectivity index is 4.17. The van der Waals surface area contributed by atoms with E-state index in [1.54, 1.807) is 0 Å². The number of esters is 2. The molecule has 1 N–H and O–H groups in total. The van der Waals surface area contributed by atoms with Gasteiger partial charge in [0.2, 0.25) is 0 Å². The molecule has 0 aliphatic carbocycles. The van der Waals surface area contributed by atoms with Crippen molar-refractivity contribution in [2.24, 2.45) is 0 Å². The van der Waals surface area contributed by atoms with Crippen LogP contribution in [0.3, 0.4) is 0 Å². The highest BCUT2D eigenvalue weighted by Crippen LogP contribution is 2.19. The van der Waals surface area contributed by atoms with E-state index in [1.807, 2.05) is 0 Å². The van der Waals surface area contributed by atoms with Gasteiger partial charge in [0.15, 0.2) is 0 Å². The zero-order valence-corrected chi connectivity index (χ0v) is 34.1. The van der Waals surface area contributed by atoms with Crippen LogP contribution in [0.25, 0.3) is 0 Å². The standard InChI is InChI=1S/C44H87NO5/c1-5-9-13-16-20-26-34-42(33-25-19-15-11-7-3)50-43(47)35-27-21-17-22-29-37-45(39-40-46)38-30-23-28-36-44(48)49-41(31-12-8-4)32-24-18-14-10-6-2/h41-42,46H,5-40H2,1-4H3. The second kappa shape index (κ2) is 39.1. The Kier molecular flexibility index (Phi) is 38.2. The van der Waals surface area contributed by atoms with Gasteiger partial charge < -0.3 is 19.5 Å². The lowest BCUT2D eigenvalue weighted by atomic mass is 10.0. The van der Waals surface area contributed by atoms with Gasteiger partial charge in [0.1, 0.15) is 12.2 Å². The predicted octanol–water partition coefficient (Wildman–Crippen LogP) is 12.7. The summed E-state index contributed by atoms with van der Waals surface area (Å²) in [6.45, 7) is 11.8. The van der Waals surface area contributed by atoms with Crippen LogP contribution < -0.4 is 0 Å². The molecule has 2 atom stereocenters. The van der Waals surface area contributed by atoms with Crippen molar-refractivity contribution < 1.29 is 24.2 Å². The zero-order valence-electron chi connectivity index (χ0n) is 34.1. The number of aliphatic hydroxyl groups is 1. The summed E-state index contributed by atoms with van der Waals surface area (Å²) in [6.07, 6.45) is 36.2. The largest absolute Gasteiger partial charge is 0.462 e. The number of hydrogen-bond donors (Lipinski definition) is 1. The molecule has 0 rings (SSSR count). The van der Waals surface area contributed by atoms with E-state index in [4.69, 9.17) is 9.47 Å². The molecular formula is C44H87NO5. The molecule has 0 amide bonds. The molecule has 0 radical (unpaired) electrons. The first kappa shape index (κ1) is 48.9. The van der Waals surface area contributed by atoms with Gasteiger partial charge >= 0.3 is 11.9 Å². The van der Waals surface area contributed by atoms with Gasteiger partial charge in [-0.3, -0.25) is 9.59 Å². The number of carbonyl (C=O) groups excluding carboxylic acids is 2. The number of nitrogens with zero attached hydrogens (tertiary/aromatic N) is 1. The van der Waals surface area contributed by atoms with Crippen LogP contribution in [0.15, 0.2) is 0 Å². The van der Waals surface area contributed by atoms with Crippen LogP contribution in [0, 0.1) is 0 Å². The van der Waals surface area contributed by atoms with E-state index in [1.165, 1.54) is 96.3 Å². The summed E-state index contributed by atoms with van der Waals surface area (Å²) in [4.78, 5) is 27.6. The smallest absolute Gasteiger partial charge is 0.306 e. The summed E-state index contributed by atoms with van der Waals surface area (Å²) in [6, 6.07) is 0. The minimum Gasteiger partial charge on any atom is -0.462 e. The Morgan fingerprint density at radius 1 is 0.420 bits per heavy atom. The average Bonchev–Trinajstić information content (AvgIpc) is 3.10. The first-order valence-corrected chi connectivity index (χ1v) is 22.2. The van der Waals surface area contributed by atoms with Crippen molar-refractivity contribution in [3.63, 3.8) is 0 Å². The molecule has 50 heavy (non-hydrogen) atoms. The molecule has 0 spiro atoms. The maximum absolute atomic E-state index is 12.7. The van der Waals surface area contributed by atoms with Crippen molar-refractivity contribution in [3.8, 4) is 0 Å². The molecule has 0 aromatic heterocycles. The third-order valence-corrected chi connectivity index (χ3v) is 10.2. The summed E-state index contributed by atoms with van der Waals surface area (Å²) in [5.41, 5.74) is 0. The molecule has 0 aromatic rings. The molecule has 298 valence electrons. The Morgan fingerprint density at radius 2 is 0.740 bits per heavy atom. The minimum absolute atomic E-state index is 0.00559. The molecule has 0 aliphatic heterocycles. The first-order valence-electron chi connectivity index (χ1n) is 22.2. The van der Waals surface area contributed by atoms with Crippen molar-refractivity contribution >= 4 is 11.9 Å². The van der Waals surface area contributed by atoms with Crippen molar-refractivity contribution in [3.05, 3.63) is 0 Å². The quantitative estimate of drug-likeness (QED) is 0.0504. The van der Waals surface area contributed by atoms with E-state index in [0.717, 1.165) is 109 Å². The van der Waals surface area contributed by atoms with Gasteiger partial charge in [0.05, 0.1) is 6.61 Å². The lowest BCUT2D eigenvalue weighted by Gasteiger charge is -2.21. The Bertz CT molecular complexity index is 717. The zero-order chi connectivity index (χ0) is 36.8. The van der Waals surface area contributed by atoms with Crippen LogP contribution in [0.1, 0.15) is 233 Å². The second-order valence-corrected chi connectivity index (χ2v) is 15.2. The summed E-state index contributed by atoms with van der Waals surface area (Å²) >= 11 is 0. The molecule has 2 unspecified atom stereocenters. The van der Waals surface area contributed by atoms with E-state index in [-0.39, 0.29) is 30.8 Å². The molecule has 0 aliphatic rings. The first-order chi connectivity index (χ1) is 24.5. The maximum Gasteiger partial charge on any atom is 0.306 e. The third kappa shape index (κ3) is 34.0. The number of ether oxygens (including phenoxy) is 2. The summed E-state index contributed by atoms with van der Waals surface area (Å²) < 4.78 is 11.9. The van der Waals surface area contributed by atoms with Crippen LogP contribution >= 0.6 is 0 Å². The minimum atomic E-state index is -0.0223. The summed E-state index contributed by atoms with van der Waals surface area (Å²) in [7, 11) is 0. The second-order valence-electron chi connectivity index (χ2n) is 15.2. The fourth-order valence-electron chi connectivity index (χ4n) is 6.94. The van der Waals surface area contributed by atoms with E-state index >= 15 is 0 Å². The van der Waals surface area contributed by atoms with Crippen molar-refractivity contribution in [1.29, 1.82) is 0 Å². The summed E-state index contributed by atoms with van der Waals surface area (Å²) in [5.74, 6) is -0.0167. The fraction of sp³-hybridized carbons (Fsp3) is 0.955. The molecular weight excluding hydrogens is 622 g/mol. The van der Waals surface area contributed by atoms with Gasteiger partial charge in [-0.25, -0.2) is 0 Å². The lowest BCUT2D eigenvalue weighted by molar-refractivity contribution is -0.151. The van der Waals surface area contributed by atoms with Gasteiger partial charge in [0.25, 0.3) is 0 Å². The SMILES string of the molecule is CCCCCCCCC(CCCCCCC)OC(=O)CCCCCCCN(CCO)CCCCCC(=O)OC(CCCC)CCCCCCC. The molecule has 0 aromatic carbocycles. The van der Waals surface area contributed by atoms with Gasteiger partial charge in [-0.15, -0.1) is 0 Å². The molecule has 0 saturated carbocycles. The highest BCUT2D eigenvalue weighted by molar-refractivity contribution is 5.69. The molecule has 0 fully saturated rings. The highest BCUT2D eigenvalue weighted by Gasteiger charge is 2.15.